The van der Waals surface area contributed by atoms with Gasteiger partial charge in [0.05, 0.1) is 4.91 Å². The lowest BCUT2D eigenvalue weighted by Gasteiger charge is -2.15. The van der Waals surface area contributed by atoms with Crippen LogP contribution in [0, 0.1) is 0 Å². The standard InChI is InChI=1S/C20H15N3O3S2/c1-22-11-13(15-7-2-3-8-16(15)22)10-17-19(26)23(20(27)28-17)21-18(25)12-5-4-6-14(24)9-12/h2-11,24H,1H3,(H,21,25). The maximum absolute atomic E-state index is 12.8. The predicted molar refractivity (Wildman–Crippen MR) is 114 cm³/mol. The van der Waals surface area contributed by atoms with Crippen molar-refractivity contribution in [2.24, 2.45) is 7.05 Å². The fourth-order valence-corrected chi connectivity index (χ4v) is 4.18. The number of thiocarbonyl (C=S) groups is 1. The molecule has 6 nitrogen and oxygen atoms in total. The van der Waals surface area contributed by atoms with Crippen LogP contribution >= 0.6 is 24.0 Å². The number of hydrogen-bond acceptors (Lipinski definition) is 5. The van der Waals surface area contributed by atoms with Gasteiger partial charge in [0, 0.05) is 35.3 Å². The van der Waals surface area contributed by atoms with Gasteiger partial charge in [-0.3, -0.25) is 15.0 Å². The van der Waals surface area contributed by atoms with Crippen molar-refractivity contribution in [2.45, 2.75) is 0 Å². The van der Waals surface area contributed by atoms with Gasteiger partial charge in [-0.25, -0.2) is 0 Å². The van der Waals surface area contributed by atoms with Gasteiger partial charge in [0.2, 0.25) is 0 Å². The summed E-state index contributed by atoms with van der Waals surface area (Å²) in [6.45, 7) is 0. The number of nitrogens with one attached hydrogen (secondary N) is 1. The van der Waals surface area contributed by atoms with E-state index in [4.69, 9.17) is 12.2 Å². The molecule has 4 rings (SSSR count). The number of aromatic hydroxyl groups is 1. The fraction of sp³-hybridized carbons (Fsp3) is 0.0500. The normalized spacial score (nSPS) is 15.6. The number of aryl methyl sites for hydroxylation is 1. The van der Waals surface area contributed by atoms with Gasteiger partial charge < -0.3 is 9.67 Å². The number of hydrogen-bond donors (Lipinski definition) is 2. The van der Waals surface area contributed by atoms with Crippen LogP contribution in [0.5, 0.6) is 5.75 Å². The second kappa shape index (κ2) is 7.14. The molecule has 2 N–H and O–H groups in total. The maximum atomic E-state index is 12.8. The number of thioether (sulfide) groups is 1. The first-order valence-corrected chi connectivity index (χ1v) is 9.58. The Labute approximate surface area is 170 Å². The SMILES string of the molecule is Cn1cc(C=C2SC(=S)N(NC(=O)c3cccc(O)c3)C2=O)c2ccccc21. The van der Waals surface area contributed by atoms with E-state index in [0.717, 1.165) is 33.2 Å². The van der Waals surface area contributed by atoms with Gasteiger partial charge in [0.1, 0.15) is 5.75 Å². The van der Waals surface area contributed by atoms with Crippen molar-refractivity contribution in [1.82, 2.24) is 15.0 Å². The molecule has 1 aliphatic heterocycles. The molecule has 3 aromatic rings. The summed E-state index contributed by atoms with van der Waals surface area (Å²) < 4.78 is 2.23. The highest BCUT2D eigenvalue weighted by molar-refractivity contribution is 8.26. The summed E-state index contributed by atoms with van der Waals surface area (Å²) in [5.41, 5.74) is 4.69. The Morgan fingerprint density at radius 2 is 2.00 bits per heavy atom. The Morgan fingerprint density at radius 3 is 2.79 bits per heavy atom. The van der Waals surface area contributed by atoms with Crippen LogP contribution in [-0.2, 0) is 11.8 Å². The molecule has 1 saturated heterocycles. The van der Waals surface area contributed by atoms with E-state index in [9.17, 15) is 14.7 Å². The molecule has 0 unspecified atom stereocenters. The van der Waals surface area contributed by atoms with Crippen LogP contribution in [-0.4, -0.2) is 30.8 Å². The van der Waals surface area contributed by atoms with Crippen LogP contribution in [0.25, 0.3) is 17.0 Å². The predicted octanol–water partition coefficient (Wildman–Crippen LogP) is 3.43. The molecule has 0 spiro atoms. The molecule has 28 heavy (non-hydrogen) atoms. The molecule has 2 heterocycles. The zero-order chi connectivity index (χ0) is 19.8. The summed E-state index contributed by atoms with van der Waals surface area (Å²) >= 11 is 6.39. The summed E-state index contributed by atoms with van der Waals surface area (Å²) in [7, 11) is 1.94. The number of fused-ring (bicyclic) bond motifs is 1. The second-order valence-electron chi connectivity index (χ2n) is 6.22. The number of aromatic nitrogens is 1. The minimum atomic E-state index is -0.529. The molecule has 0 bridgehead atoms. The van der Waals surface area contributed by atoms with E-state index >= 15 is 0 Å². The molecule has 1 aromatic heterocycles. The molecule has 2 aromatic carbocycles. The van der Waals surface area contributed by atoms with Gasteiger partial charge in [-0.15, -0.1) is 0 Å². The van der Waals surface area contributed by atoms with Crippen molar-refractivity contribution in [3.8, 4) is 5.75 Å². The van der Waals surface area contributed by atoms with E-state index in [-0.39, 0.29) is 15.6 Å². The highest BCUT2D eigenvalue weighted by Crippen LogP contribution is 2.33. The summed E-state index contributed by atoms with van der Waals surface area (Å²) in [6.07, 6.45) is 3.73. The van der Waals surface area contributed by atoms with Crippen molar-refractivity contribution < 1.29 is 14.7 Å². The molecule has 8 heteroatoms. The largest absolute Gasteiger partial charge is 0.508 e. The fourth-order valence-electron chi connectivity index (χ4n) is 3.01. The van der Waals surface area contributed by atoms with Crippen LogP contribution < -0.4 is 5.43 Å². The first-order valence-electron chi connectivity index (χ1n) is 8.36. The maximum Gasteiger partial charge on any atom is 0.285 e. The molecule has 2 amide bonds. The van der Waals surface area contributed by atoms with Crippen LogP contribution in [0.3, 0.4) is 0 Å². The summed E-state index contributed by atoms with van der Waals surface area (Å²) in [6, 6.07) is 13.8. The molecule has 140 valence electrons. The number of carbonyl (C=O) groups is 2. The third kappa shape index (κ3) is 3.28. The zero-order valence-corrected chi connectivity index (χ0v) is 16.4. The van der Waals surface area contributed by atoms with E-state index in [1.807, 2.05) is 42.1 Å². The number of amides is 2. The van der Waals surface area contributed by atoms with Crippen molar-refractivity contribution in [2.75, 3.05) is 0 Å². The molecule has 0 atom stereocenters. The Hall–Kier alpha value is -3.10. The number of phenolic OH excluding ortho intramolecular Hbond substituents is 1. The van der Waals surface area contributed by atoms with Gasteiger partial charge in [0.25, 0.3) is 11.8 Å². The summed E-state index contributed by atoms with van der Waals surface area (Å²) in [5, 5.41) is 11.6. The smallest absolute Gasteiger partial charge is 0.285 e. The van der Waals surface area contributed by atoms with Crippen molar-refractivity contribution in [3.63, 3.8) is 0 Å². The lowest BCUT2D eigenvalue weighted by atomic mass is 10.1. The number of para-hydroxylation sites is 1. The molecular weight excluding hydrogens is 394 g/mol. The third-order valence-electron chi connectivity index (χ3n) is 4.33. The Morgan fingerprint density at radius 1 is 1.21 bits per heavy atom. The molecular formula is C20H15N3O3S2. The van der Waals surface area contributed by atoms with Crippen molar-refractivity contribution >= 4 is 57.1 Å². The average Bonchev–Trinajstić information content (AvgIpc) is 3.13. The second-order valence-corrected chi connectivity index (χ2v) is 7.90. The molecule has 0 aliphatic carbocycles. The Kier molecular flexibility index (Phi) is 4.66. The average molecular weight is 409 g/mol. The lowest BCUT2D eigenvalue weighted by molar-refractivity contribution is -0.123. The third-order valence-corrected chi connectivity index (χ3v) is 5.63. The van der Waals surface area contributed by atoms with Crippen molar-refractivity contribution in [1.29, 1.82) is 0 Å². The topological polar surface area (TPSA) is 74.6 Å². The summed E-state index contributed by atoms with van der Waals surface area (Å²) in [4.78, 5) is 25.6. The minimum Gasteiger partial charge on any atom is -0.508 e. The number of carbonyl (C=O) groups excluding carboxylic acids is 2. The van der Waals surface area contributed by atoms with Gasteiger partial charge in [0.15, 0.2) is 4.32 Å². The number of hydrazine groups is 1. The van der Waals surface area contributed by atoms with E-state index in [1.54, 1.807) is 18.2 Å². The zero-order valence-electron chi connectivity index (χ0n) is 14.7. The molecule has 0 radical (unpaired) electrons. The first kappa shape index (κ1) is 18.3. The lowest BCUT2D eigenvalue weighted by Crippen LogP contribution is -2.44. The highest BCUT2D eigenvalue weighted by Gasteiger charge is 2.34. The molecule has 1 fully saturated rings. The Balaban J connectivity index is 1.60. The number of benzene rings is 2. The highest BCUT2D eigenvalue weighted by atomic mass is 32.2. The molecule has 0 saturated carbocycles. The van der Waals surface area contributed by atoms with Crippen LogP contribution in [0.15, 0.2) is 59.6 Å². The monoisotopic (exact) mass is 409 g/mol. The van der Waals surface area contributed by atoms with Gasteiger partial charge >= 0.3 is 0 Å². The molecule has 1 aliphatic rings. The number of nitrogens with zero attached hydrogens (tertiary/aromatic N) is 2. The van der Waals surface area contributed by atoms with E-state index < -0.39 is 11.8 Å². The minimum absolute atomic E-state index is 0.0334. The van der Waals surface area contributed by atoms with Crippen molar-refractivity contribution in [3.05, 3.63) is 70.8 Å². The van der Waals surface area contributed by atoms with E-state index in [0.29, 0.717) is 4.91 Å². The Bertz CT molecular complexity index is 1170. The van der Waals surface area contributed by atoms with E-state index in [1.165, 1.54) is 12.1 Å². The van der Waals surface area contributed by atoms with Crippen LogP contribution in [0.2, 0.25) is 0 Å². The van der Waals surface area contributed by atoms with E-state index in [2.05, 4.69) is 5.43 Å². The first-order chi connectivity index (χ1) is 13.4. The summed E-state index contributed by atoms with van der Waals surface area (Å²) in [5.74, 6) is -0.955. The van der Waals surface area contributed by atoms with Crippen LogP contribution in [0.4, 0.5) is 0 Å². The van der Waals surface area contributed by atoms with Gasteiger partial charge in [-0.2, -0.15) is 5.01 Å². The number of rotatable bonds is 3. The van der Waals surface area contributed by atoms with Crippen LogP contribution in [0.1, 0.15) is 15.9 Å². The van der Waals surface area contributed by atoms with Gasteiger partial charge in [-0.05, 0) is 42.6 Å². The number of phenols is 1. The quantitative estimate of drug-likeness (QED) is 0.512. The van der Waals surface area contributed by atoms with Gasteiger partial charge in [-0.1, -0.05) is 36.0 Å².